The molecule has 1 amide bonds. The van der Waals surface area contributed by atoms with Gasteiger partial charge in [0.2, 0.25) is 6.79 Å². The molecule has 2 rings (SSSR count). The van der Waals surface area contributed by atoms with Gasteiger partial charge < -0.3 is 23.8 Å². The van der Waals surface area contributed by atoms with Gasteiger partial charge in [-0.05, 0) is 50.5 Å². The van der Waals surface area contributed by atoms with Crippen molar-refractivity contribution in [3.63, 3.8) is 0 Å². The Hall–Kier alpha value is -3.05. The van der Waals surface area contributed by atoms with Gasteiger partial charge in [-0.15, -0.1) is 0 Å². The van der Waals surface area contributed by atoms with Gasteiger partial charge in [0.25, 0.3) is 5.91 Å². The van der Waals surface area contributed by atoms with Crippen LogP contribution in [0.2, 0.25) is 0 Å². The highest BCUT2D eigenvalue weighted by Crippen LogP contribution is 2.50. The van der Waals surface area contributed by atoms with Gasteiger partial charge in [0.1, 0.15) is 5.75 Å². The molecule has 242 valence electrons. The Balaban J connectivity index is 2.69. The van der Waals surface area contributed by atoms with E-state index in [0.29, 0.717) is 30.7 Å². The number of aromatic nitrogens is 1. The van der Waals surface area contributed by atoms with E-state index in [4.69, 9.17) is 32.5 Å². The van der Waals surface area contributed by atoms with Gasteiger partial charge in [-0.2, -0.15) is 0 Å². The van der Waals surface area contributed by atoms with Crippen LogP contribution in [0.3, 0.4) is 0 Å². The van der Waals surface area contributed by atoms with Gasteiger partial charge >= 0.3 is 13.8 Å². The Morgan fingerprint density at radius 2 is 1.35 bits per heavy atom. The van der Waals surface area contributed by atoms with E-state index in [2.05, 4.69) is 0 Å². The summed E-state index contributed by atoms with van der Waals surface area (Å²) >= 11 is 0. The number of amides is 1. The van der Waals surface area contributed by atoms with Crippen molar-refractivity contribution in [2.45, 2.75) is 66.2 Å². The monoisotopic (exact) mass is 626 g/mol. The predicted molar refractivity (Wildman–Crippen MR) is 163 cm³/mol. The lowest BCUT2D eigenvalue weighted by molar-refractivity contribution is 0.0454. The largest absolute Gasteiger partial charge is 0.497 e. The quantitative estimate of drug-likeness (QED) is 0.0645. The van der Waals surface area contributed by atoms with E-state index >= 15 is 0 Å². The molecule has 0 fully saturated rings. The molecule has 1 heterocycles. The lowest BCUT2D eigenvalue weighted by Crippen LogP contribution is -2.26. The van der Waals surface area contributed by atoms with Crippen LogP contribution in [0.15, 0.2) is 24.3 Å². The normalized spacial score (nSPS) is 11.3. The van der Waals surface area contributed by atoms with Crippen molar-refractivity contribution in [2.24, 2.45) is 0 Å². The predicted octanol–water partition coefficient (Wildman–Crippen LogP) is 6.64. The zero-order chi connectivity index (χ0) is 31.8. The molecule has 0 unspecified atom stereocenters. The van der Waals surface area contributed by atoms with Crippen molar-refractivity contribution in [3.8, 4) is 22.9 Å². The van der Waals surface area contributed by atoms with Gasteiger partial charge in [-0.1, -0.05) is 40.0 Å². The molecule has 1 aromatic heterocycles. The van der Waals surface area contributed by atoms with E-state index < -0.39 is 26.5 Å². The Morgan fingerprint density at radius 3 is 1.86 bits per heavy atom. The summed E-state index contributed by atoms with van der Waals surface area (Å²) in [5, 5.41) is 0. The maximum atomic E-state index is 13.7. The fourth-order valence-corrected chi connectivity index (χ4v) is 4.91. The Morgan fingerprint density at radius 1 is 0.791 bits per heavy atom. The molecule has 0 saturated heterocycles. The van der Waals surface area contributed by atoms with Crippen molar-refractivity contribution < 1.29 is 46.7 Å². The molecule has 0 spiro atoms. The second kappa shape index (κ2) is 18.6. The molecule has 0 aliphatic carbocycles. The van der Waals surface area contributed by atoms with Crippen LogP contribution >= 0.6 is 7.82 Å². The molecule has 12 nitrogen and oxygen atoms in total. The first-order chi connectivity index (χ1) is 20.7. The summed E-state index contributed by atoms with van der Waals surface area (Å²) in [6.07, 6.45) is 4.48. The van der Waals surface area contributed by atoms with Crippen molar-refractivity contribution in [1.82, 2.24) is 9.47 Å². The lowest BCUT2D eigenvalue weighted by atomic mass is 10.2. The minimum absolute atomic E-state index is 0.00477. The fourth-order valence-electron chi connectivity index (χ4n) is 3.80. The van der Waals surface area contributed by atoms with Crippen molar-refractivity contribution in [2.75, 3.05) is 54.4 Å². The van der Waals surface area contributed by atoms with E-state index in [1.807, 2.05) is 20.8 Å². The van der Waals surface area contributed by atoms with Gasteiger partial charge in [0.15, 0.2) is 22.9 Å². The summed E-state index contributed by atoms with van der Waals surface area (Å²) in [6.45, 7) is 7.71. The molecular formula is C30H47N2O10P. The van der Waals surface area contributed by atoms with Crippen LogP contribution in [-0.4, -0.2) is 75.8 Å². The molecular weight excluding hydrogens is 579 g/mol. The SMILES string of the molecule is CCCCOc1c(OCOP(=O)(OCCCC)OCCCC)c(C(=O)N(C)C)n(-c2ccc(OC)cc2)c1C(=O)OCC. The zero-order valence-corrected chi connectivity index (χ0v) is 27.4. The number of carbonyl (C=O) groups is 2. The number of phosphoric ester groups is 1. The van der Waals surface area contributed by atoms with E-state index in [9.17, 15) is 14.2 Å². The molecule has 0 aliphatic heterocycles. The van der Waals surface area contributed by atoms with Crippen LogP contribution in [-0.2, 0) is 22.9 Å². The number of benzene rings is 1. The summed E-state index contributed by atoms with van der Waals surface area (Å²) in [6, 6.07) is 6.79. The number of hydrogen-bond donors (Lipinski definition) is 0. The first kappa shape index (κ1) is 36.1. The number of ether oxygens (including phenoxy) is 4. The number of carbonyl (C=O) groups excluding carboxylic acids is 2. The maximum Gasteiger partial charge on any atom is 0.477 e. The Kier molecular flexibility index (Phi) is 15.6. The van der Waals surface area contributed by atoms with Crippen molar-refractivity contribution >= 4 is 19.7 Å². The van der Waals surface area contributed by atoms with Gasteiger partial charge in [-0.25, -0.2) is 13.9 Å². The van der Waals surface area contributed by atoms with Crippen LogP contribution in [0.25, 0.3) is 5.69 Å². The third-order valence-electron chi connectivity index (χ3n) is 6.14. The smallest absolute Gasteiger partial charge is 0.477 e. The minimum Gasteiger partial charge on any atom is -0.497 e. The standard InChI is InChI=1S/C30H47N2O10P/c1-8-12-19-38-28-26(30(34)37-11-4)32(23-15-17-24(36-7)18-16-23)25(29(33)31(5)6)27(28)39-22-42-43(35,40-20-13-9-2)41-21-14-10-3/h15-18H,8-14,19-22H2,1-7H3. The first-order valence-electron chi connectivity index (χ1n) is 14.8. The number of rotatable bonds is 21. The number of unbranched alkanes of at least 4 members (excludes halogenated alkanes) is 3. The van der Waals surface area contributed by atoms with Gasteiger partial charge in [0.05, 0.1) is 33.5 Å². The number of hydrogen-bond acceptors (Lipinski definition) is 10. The average molecular weight is 627 g/mol. The molecule has 0 atom stereocenters. The molecule has 2 aromatic rings. The Labute approximate surface area is 255 Å². The van der Waals surface area contributed by atoms with E-state index in [1.54, 1.807) is 45.3 Å². The highest BCUT2D eigenvalue weighted by Gasteiger charge is 2.36. The number of methoxy groups -OCH3 is 1. The third-order valence-corrected chi connectivity index (χ3v) is 7.56. The van der Waals surface area contributed by atoms with Crippen LogP contribution in [0.1, 0.15) is 87.2 Å². The molecule has 0 N–H and O–H groups in total. The topological polar surface area (TPSA) is 124 Å². The number of esters is 1. The van der Waals surface area contributed by atoms with Crippen LogP contribution < -0.4 is 14.2 Å². The summed E-state index contributed by atoms with van der Waals surface area (Å²) < 4.78 is 54.2. The molecule has 0 bridgehead atoms. The maximum absolute atomic E-state index is 13.7. The highest BCUT2D eigenvalue weighted by molar-refractivity contribution is 7.48. The van der Waals surface area contributed by atoms with E-state index in [0.717, 1.165) is 19.3 Å². The summed E-state index contributed by atoms with van der Waals surface area (Å²) in [5.41, 5.74) is 0.411. The van der Waals surface area contributed by atoms with Crippen LogP contribution in [0.5, 0.6) is 17.2 Å². The fraction of sp³-hybridized carbons (Fsp3) is 0.600. The number of nitrogens with zero attached hydrogens (tertiary/aromatic N) is 2. The molecule has 13 heteroatoms. The van der Waals surface area contributed by atoms with Crippen LogP contribution in [0.4, 0.5) is 0 Å². The zero-order valence-electron chi connectivity index (χ0n) is 26.5. The van der Waals surface area contributed by atoms with E-state index in [1.165, 1.54) is 16.6 Å². The second-order valence-corrected chi connectivity index (χ2v) is 11.4. The average Bonchev–Trinajstić information content (AvgIpc) is 3.31. The number of phosphoric acid groups is 1. The molecule has 0 radical (unpaired) electrons. The van der Waals surface area contributed by atoms with E-state index in [-0.39, 0.29) is 49.3 Å². The van der Waals surface area contributed by atoms with Crippen molar-refractivity contribution in [3.05, 3.63) is 35.7 Å². The summed E-state index contributed by atoms with van der Waals surface area (Å²) in [4.78, 5) is 28.5. The van der Waals surface area contributed by atoms with Gasteiger partial charge in [-0.3, -0.25) is 18.4 Å². The van der Waals surface area contributed by atoms with Gasteiger partial charge in [0, 0.05) is 19.8 Å². The Bertz CT molecular complexity index is 1180. The molecule has 0 aliphatic rings. The lowest BCUT2D eigenvalue weighted by Gasteiger charge is -2.19. The molecule has 1 aromatic carbocycles. The summed E-state index contributed by atoms with van der Waals surface area (Å²) in [5.74, 6) is -0.680. The van der Waals surface area contributed by atoms with Crippen molar-refractivity contribution in [1.29, 1.82) is 0 Å². The first-order valence-corrected chi connectivity index (χ1v) is 16.2. The second-order valence-electron chi connectivity index (χ2n) is 9.72. The molecule has 43 heavy (non-hydrogen) atoms. The van der Waals surface area contributed by atoms with Crippen LogP contribution in [0, 0.1) is 0 Å². The molecule has 0 saturated carbocycles. The minimum atomic E-state index is -3.99. The third kappa shape index (κ3) is 10.3. The highest BCUT2D eigenvalue weighted by atomic mass is 31.2. The summed E-state index contributed by atoms with van der Waals surface area (Å²) in [7, 11) is 0.702.